The summed E-state index contributed by atoms with van der Waals surface area (Å²) in [5.74, 6) is -0.585. The molecule has 0 spiro atoms. The molecule has 0 bridgehead atoms. The lowest BCUT2D eigenvalue weighted by molar-refractivity contribution is -0.126. The third kappa shape index (κ3) is 2.64. The van der Waals surface area contributed by atoms with Crippen molar-refractivity contribution < 1.29 is 9.59 Å². The molecule has 4 nitrogen and oxygen atoms in total. The predicted octanol–water partition coefficient (Wildman–Crippen LogP) is 3.36. The minimum absolute atomic E-state index is 0.192. The van der Waals surface area contributed by atoms with Gasteiger partial charge in [-0.1, -0.05) is 36.4 Å². The van der Waals surface area contributed by atoms with Crippen molar-refractivity contribution in [3.05, 3.63) is 59.7 Å². The van der Waals surface area contributed by atoms with Crippen LogP contribution < -0.4 is 9.80 Å². The Balaban J connectivity index is 2.09. The number of rotatable bonds is 2. The van der Waals surface area contributed by atoms with Crippen LogP contribution in [0.5, 0.6) is 0 Å². The molecule has 2 amide bonds. The molecule has 1 aliphatic rings. The van der Waals surface area contributed by atoms with Crippen molar-refractivity contribution >= 4 is 40.5 Å². The first kappa shape index (κ1) is 15.4. The molecule has 0 aliphatic carbocycles. The highest BCUT2D eigenvalue weighted by molar-refractivity contribution is 7.81. The average Bonchev–Trinajstić information content (AvgIpc) is 2.50. The number of benzene rings is 2. The van der Waals surface area contributed by atoms with Gasteiger partial charge in [-0.05, 0) is 49.3 Å². The summed E-state index contributed by atoms with van der Waals surface area (Å²) in [5.41, 5.74) is 3.30. The fourth-order valence-electron chi connectivity index (χ4n) is 2.70. The lowest BCUT2D eigenvalue weighted by atomic mass is 10.1. The van der Waals surface area contributed by atoms with E-state index in [1.165, 1.54) is 9.80 Å². The van der Waals surface area contributed by atoms with Crippen LogP contribution in [-0.2, 0) is 9.59 Å². The van der Waals surface area contributed by atoms with E-state index in [0.717, 1.165) is 11.1 Å². The Hall–Kier alpha value is -2.53. The minimum Gasteiger partial charge on any atom is -0.273 e. The zero-order valence-electron chi connectivity index (χ0n) is 12.9. The van der Waals surface area contributed by atoms with Gasteiger partial charge in [0.15, 0.2) is 5.11 Å². The molecule has 0 radical (unpaired) electrons. The first-order chi connectivity index (χ1) is 11.0. The Morgan fingerprint density at radius 1 is 0.783 bits per heavy atom. The number of thiocarbonyl (C=S) groups is 1. The van der Waals surface area contributed by atoms with Crippen molar-refractivity contribution in [2.75, 3.05) is 9.80 Å². The van der Waals surface area contributed by atoms with Gasteiger partial charge in [-0.25, -0.2) is 0 Å². The quantitative estimate of drug-likeness (QED) is 0.628. The highest BCUT2D eigenvalue weighted by Gasteiger charge is 2.37. The molecule has 2 aromatic carbocycles. The smallest absolute Gasteiger partial charge is 0.242 e. The third-order valence-corrected chi connectivity index (χ3v) is 4.26. The van der Waals surface area contributed by atoms with Gasteiger partial charge in [0.2, 0.25) is 11.8 Å². The molecule has 1 fully saturated rings. The molecule has 2 aromatic rings. The highest BCUT2D eigenvalue weighted by Crippen LogP contribution is 2.29. The van der Waals surface area contributed by atoms with E-state index in [-0.39, 0.29) is 23.3 Å². The van der Waals surface area contributed by atoms with E-state index in [1.807, 2.05) is 62.4 Å². The Morgan fingerprint density at radius 2 is 1.17 bits per heavy atom. The fraction of sp³-hybridized carbons (Fsp3) is 0.167. The SMILES string of the molecule is Cc1ccccc1N1C(=O)CC(=O)N(c2ccccc2C)C1=S. The summed E-state index contributed by atoms with van der Waals surface area (Å²) in [6.45, 7) is 3.83. The van der Waals surface area contributed by atoms with Crippen LogP contribution in [0.3, 0.4) is 0 Å². The van der Waals surface area contributed by atoms with Crippen molar-refractivity contribution in [2.45, 2.75) is 20.3 Å². The van der Waals surface area contributed by atoms with E-state index in [4.69, 9.17) is 12.2 Å². The summed E-state index contributed by atoms with van der Waals surface area (Å²) in [5, 5.41) is 0.204. The highest BCUT2D eigenvalue weighted by atomic mass is 32.1. The molecule has 1 aliphatic heterocycles. The first-order valence-corrected chi connectivity index (χ1v) is 7.72. The van der Waals surface area contributed by atoms with E-state index < -0.39 is 0 Å². The van der Waals surface area contributed by atoms with Gasteiger partial charge in [-0.15, -0.1) is 0 Å². The van der Waals surface area contributed by atoms with Crippen molar-refractivity contribution in [1.82, 2.24) is 0 Å². The maximum atomic E-state index is 12.4. The van der Waals surface area contributed by atoms with E-state index in [9.17, 15) is 9.59 Å². The predicted molar refractivity (Wildman–Crippen MR) is 94.5 cm³/mol. The lowest BCUT2D eigenvalue weighted by Crippen LogP contribution is -2.55. The van der Waals surface area contributed by atoms with Crippen LogP contribution in [0.1, 0.15) is 17.5 Å². The number of hydrogen-bond acceptors (Lipinski definition) is 3. The molecule has 23 heavy (non-hydrogen) atoms. The molecule has 0 saturated carbocycles. The van der Waals surface area contributed by atoms with Crippen molar-refractivity contribution in [2.24, 2.45) is 0 Å². The normalized spacial score (nSPS) is 15.3. The molecule has 3 rings (SSSR count). The van der Waals surface area contributed by atoms with Gasteiger partial charge >= 0.3 is 0 Å². The van der Waals surface area contributed by atoms with Crippen LogP contribution in [0, 0.1) is 13.8 Å². The number of hydrogen-bond donors (Lipinski definition) is 0. The van der Waals surface area contributed by atoms with Gasteiger partial charge in [0.05, 0.1) is 11.4 Å². The van der Waals surface area contributed by atoms with Crippen LogP contribution in [0.2, 0.25) is 0 Å². The molecular weight excluding hydrogens is 308 g/mol. The van der Waals surface area contributed by atoms with E-state index in [0.29, 0.717) is 11.4 Å². The number of amides is 2. The Morgan fingerprint density at radius 3 is 1.57 bits per heavy atom. The maximum Gasteiger partial charge on any atom is 0.242 e. The molecule has 5 heteroatoms. The summed E-state index contributed by atoms with van der Waals surface area (Å²) < 4.78 is 0. The molecule has 0 atom stereocenters. The standard InChI is InChI=1S/C18H16N2O2S/c1-12-7-3-5-9-14(12)19-16(21)11-17(22)20(18(19)23)15-10-6-4-8-13(15)2/h3-10H,11H2,1-2H3. The van der Waals surface area contributed by atoms with Gasteiger partial charge in [0.1, 0.15) is 6.42 Å². The second-order valence-corrected chi connectivity index (χ2v) is 5.86. The van der Waals surface area contributed by atoms with Crippen LogP contribution in [0.15, 0.2) is 48.5 Å². The van der Waals surface area contributed by atoms with E-state index in [1.54, 1.807) is 0 Å². The summed E-state index contributed by atoms with van der Waals surface area (Å²) in [6, 6.07) is 15.0. The number of carbonyl (C=O) groups is 2. The largest absolute Gasteiger partial charge is 0.273 e. The van der Waals surface area contributed by atoms with Crippen LogP contribution in [0.25, 0.3) is 0 Å². The average molecular weight is 324 g/mol. The number of aryl methyl sites for hydroxylation is 2. The van der Waals surface area contributed by atoms with Crippen LogP contribution in [-0.4, -0.2) is 16.9 Å². The van der Waals surface area contributed by atoms with Gasteiger partial charge in [-0.2, -0.15) is 0 Å². The van der Waals surface area contributed by atoms with Gasteiger partial charge in [0, 0.05) is 0 Å². The Labute approximate surface area is 140 Å². The van der Waals surface area contributed by atoms with Crippen LogP contribution >= 0.6 is 12.2 Å². The lowest BCUT2D eigenvalue weighted by Gasteiger charge is -2.36. The summed E-state index contributed by atoms with van der Waals surface area (Å²) >= 11 is 5.50. The van der Waals surface area contributed by atoms with Gasteiger partial charge < -0.3 is 0 Å². The van der Waals surface area contributed by atoms with Gasteiger partial charge in [-0.3, -0.25) is 19.4 Å². The minimum atomic E-state index is -0.292. The van der Waals surface area contributed by atoms with Crippen molar-refractivity contribution in [1.29, 1.82) is 0 Å². The molecular formula is C18H16N2O2S. The molecule has 1 heterocycles. The van der Waals surface area contributed by atoms with Crippen molar-refractivity contribution in [3.63, 3.8) is 0 Å². The van der Waals surface area contributed by atoms with Gasteiger partial charge in [0.25, 0.3) is 0 Å². The topological polar surface area (TPSA) is 40.6 Å². The number of carbonyl (C=O) groups excluding carboxylic acids is 2. The van der Waals surface area contributed by atoms with E-state index >= 15 is 0 Å². The fourth-order valence-corrected chi connectivity index (χ4v) is 3.10. The molecule has 1 saturated heterocycles. The first-order valence-electron chi connectivity index (χ1n) is 7.32. The molecule has 0 aromatic heterocycles. The summed E-state index contributed by atoms with van der Waals surface area (Å²) in [4.78, 5) is 27.8. The van der Waals surface area contributed by atoms with Crippen molar-refractivity contribution in [3.8, 4) is 0 Å². The summed E-state index contributed by atoms with van der Waals surface area (Å²) in [7, 11) is 0. The Bertz CT molecular complexity index is 751. The second kappa shape index (κ2) is 5.93. The number of para-hydroxylation sites is 2. The molecule has 0 N–H and O–H groups in total. The van der Waals surface area contributed by atoms with E-state index in [2.05, 4.69) is 0 Å². The summed E-state index contributed by atoms with van der Waals surface area (Å²) in [6.07, 6.45) is -0.192. The third-order valence-electron chi connectivity index (χ3n) is 3.90. The molecule has 116 valence electrons. The maximum absolute atomic E-state index is 12.4. The van der Waals surface area contributed by atoms with Crippen LogP contribution in [0.4, 0.5) is 11.4 Å². The number of nitrogens with zero attached hydrogens (tertiary/aromatic N) is 2. The zero-order chi connectivity index (χ0) is 16.6. The molecule has 0 unspecified atom stereocenters. The Kier molecular flexibility index (Phi) is 3.96. The monoisotopic (exact) mass is 324 g/mol. The zero-order valence-corrected chi connectivity index (χ0v) is 13.8. The number of anilines is 2. The second-order valence-electron chi connectivity index (χ2n) is 5.49.